The number of aliphatic hydroxyl groups is 1. The van der Waals surface area contributed by atoms with Crippen LogP contribution in [-0.2, 0) is 13.6 Å². The zero-order valence-corrected chi connectivity index (χ0v) is 12.8. The van der Waals surface area contributed by atoms with Crippen molar-refractivity contribution in [3.8, 4) is 0 Å². The van der Waals surface area contributed by atoms with Gasteiger partial charge in [-0.3, -0.25) is 4.68 Å². The summed E-state index contributed by atoms with van der Waals surface area (Å²) in [5.74, 6) is 0. The van der Waals surface area contributed by atoms with Crippen molar-refractivity contribution < 1.29 is 5.11 Å². The Morgan fingerprint density at radius 1 is 1.24 bits per heavy atom. The predicted molar refractivity (Wildman–Crippen MR) is 85.0 cm³/mol. The van der Waals surface area contributed by atoms with Gasteiger partial charge in [0.2, 0.25) is 0 Å². The van der Waals surface area contributed by atoms with E-state index in [4.69, 9.17) is 0 Å². The first-order valence-corrected chi connectivity index (χ1v) is 7.96. The number of hydrogen-bond acceptors (Lipinski definition) is 3. The highest BCUT2D eigenvalue weighted by Gasteiger charge is 2.30. The van der Waals surface area contributed by atoms with Crippen molar-refractivity contribution in [1.82, 2.24) is 15.1 Å². The Hall–Kier alpha value is -1.39. The summed E-state index contributed by atoms with van der Waals surface area (Å²) in [7, 11) is 1.99. The summed E-state index contributed by atoms with van der Waals surface area (Å²) in [5, 5.41) is 19.1. The first-order chi connectivity index (χ1) is 10.2. The van der Waals surface area contributed by atoms with E-state index in [1.807, 2.05) is 17.8 Å². The highest BCUT2D eigenvalue weighted by atomic mass is 16.3. The molecule has 2 aromatic rings. The molecule has 0 bridgehead atoms. The topological polar surface area (TPSA) is 50.1 Å². The summed E-state index contributed by atoms with van der Waals surface area (Å²) < 4.78 is 1.94. The first-order valence-electron chi connectivity index (χ1n) is 7.96. The molecule has 3 rings (SSSR count). The largest absolute Gasteiger partial charge is 0.396 e. The van der Waals surface area contributed by atoms with Crippen LogP contribution in [0.25, 0.3) is 10.9 Å². The van der Waals surface area contributed by atoms with Crippen LogP contribution in [0.2, 0.25) is 0 Å². The Kier molecular flexibility index (Phi) is 4.27. The van der Waals surface area contributed by atoms with Crippen molar-refractivity contribution in [2.45, 2.75) is 38.6 Å². The number of hydrogen-bond donors (Lipinski definition) is 2. The van der Waals surface area contributed by atoms with Crippen LogP contribution in [0.5, 0.6) is 0 Å². The number of nitrogens with zero attached hydrogens (tertiary/aromatic N) is 2. The van der Waals surface area contributed by atoms with E-state index in [1.165, 1.54) is 30.2 Å². The lowest BCUT2D eigenvalue weighted by Crippen LogP contribution is -2.38. The maximum absolute atomic E-state index is 9.75. The minimum absolute atomic E-state index is 0.0861. The normalized spacial score (nSPS) is 18.2. The van der Waals surface area contributed by atoms with Crippen molar-refractivity contribution in [3.05, 3.63) is 30.0 Å². The molecule has 1 saturated carbocycles. The molecule has 1 aromatic carbocycles. The van der Waals surface area contributed by atoms with E-state index in [-0.39, 0.29) is 5.41 Å². The Morgan fingerprint density at radius 2 is 2.00 bits per heavy atom. The van der Waals surface area contributed by atoms with Crippen LogP contribution in [0, 0.1) is 5.41 Å². The fraction of sp³-hybridized carbons (Fsp3) is 0.588. The van der Waals surface area contributed by atoms with E-state index in [9.17, 15) is 5.11 Å². The molecule has 0 radical (unpaired) electrons. The van der Waals surface area contributed by atoms with Gasteiger partial charge in [-0.1, -0.05) is 37.5 Å². The number of aliphatic hydroxyl groups excluding tert-OH is 1. The van der Waals surface area contributed by atoms with Crippen molar-refractivity contribution in [1.29, 1.82) is 0 Å². The van der Waals surface area contributed by atoms with Gasteiger partial charge >= 0.3 is 0 Å². The van der Waals surface area contributed by atoms with Crippen LogP contribution in [0.4, 0.5) is 0 Å². The third kappa shape index (κ3) is 2.97. The molecule has 1 heterocycles. The molecule has 2 N–H and O–H groups in total. The Bertz CT molecular complexity index is 599. The Morgan fingerprint density at radius 3 is 2.76 bits per heavy atom. The molecule has 0 aliphatic heterocycles. The molecule has 21 heavy (non-hydrogen) atoms. The van der Waals surface area contributed by atoms with Crippen molar-refractivity contribution >= 4 is 10.9 Å². The summed E-state index contributed by atoms with van der Waals surface area (Å²) in [5.41, 5.74) is 2.35. The fourth-order valence-electron chi connectivity index (χ4n) is 3.56. The zero-order valence-electron chi connectivity index (χ0n) is 12.8. The van der Waals surface area contributed by atoms with Crippen LogP contribution < -0.4 is 5.32 Å². The van der Waals surface area contributed by atoms with Gasteiger partial charge in [-0.25, -0.2) is 0 Å². The van der Waals surface area contributed by atoms with E-state index in [2.05, 4.69) is 28.6 Å². The van der Waals surface area contributed by atoms with E-state index < -0.39 is 0 Å². The number of aryl methyl sites for hydroxylation is 1. The van der Waals surface area contributed by atoms with Crippen molar-refractivity contribution in [3.63, 3.8) is 0 Å². The van der Waals surface area contributed by atoms with Crippen LogP contribution in [-0.4, -0.2) is 28.0 Å². The lowest BCUT2D eigenvalue weighted by molar-refractivity contribution is 0.0810. The Balaban J connectivity index is 1.66. The van der Waals surface area contributed by atoms with Crippen molar-refractivity contribution in [2.75, 3.05) is 13.2 Å². The molecule has 1 aliphatic carbocycles. The van der Waals surface area contributed by atoms with Gasteiger partial charge < -0.3 is 10.4 Å². The summed E-state index contributed by atoms with van der Waals surface area (Å²) in [6, 6.07) is 8.33. The van der Waals surface area contributed by atoms with Crippen LogP contribution in [0.3, 0.4) is 0 Å². The average Bonchev–Trinajstić information content (AvgIpc) is 2.85. The second-order valence-electron chi connectivity index (χ2n) is 6.41. The highest BCUT2D eigenvalue weighted by molar-refractivity contribution is 5.81. The predicted octanol–water partition coefficient (Wildman–Crippen LogP) is 2.61. The first kappa shape index (κ1) is 14.5. The molecule has 0 unspecified atom stereocenters. The number of aromatic nitrogens is 2. The molecule has 0 spiro atoms. The number of nitrogens with one attached hydrogen (secondary N) is 1. The van der Waals surface area contributed by atoms with Crippen LogP contribution in [0.1, 0.15) is 37.8 Å². The highest BCUT2D eigenvalue weighted by Crippen LogP contribution is 2.35. The second kappa shape index (κ2) is 6.16. The molecule has 4 nitrogen and oxygen atoms in total. The van der Waals surface area contributed by atoms with E-state index in [1.54, 1.807) is 0 Å². The third-order valence-corrected chi connectivity index (χ3v) is 4.88. The summed E-state index contributed by atoms with van der Waals surface area (Å²) in [4.78, 5) is 0. The summed E-state index contributed by atoms with van der Waals surface area (Å²) in [6.07, 6.45) is 6.08. The lowest BCUT2D eigenvalue weighted by Gasteiger charge is -2.35. The zero-order chi connectivity index (χ0) is 14.7. The maximum atomic E-state index is 9.75. The van der Waals surface area contributed by atoms with E-state index in [0.717, 1.165) is 31.6 Å². The maximum Gasteiger partial charge on any atom is 0.0841 e. The van der Waals surface area contributed by atoms with Gasteiger partial charge in [0, 0.05) is 37.5 Å². The molecular formula is C17H25N3O. The van der Waals surface area contributed by atoms with Gasteiger partial charge in [0.1, 0.15) is 0 Å². The molecule has 4 heteroatoms. The number of para-hydroxylation sites is 1. The monoisotopic (exact) mass is 287 g/mol. The SMILES string of the molecule is Cn1nc(CNCC2(CO)CCCCC2)c2ccccc21. The smallest absolute Gasteiger partial charge is 0.0841 e. The number of fused-ring (bicyclic) bond motifs is 1. The number of rotatable bonds is 5. The van der Waals surface area contributed by atoms with E-state index in [0.29, 0.717) is 6.61 Å². The van der Waals surface area contributed by atoms with Crippen molar-refractivity contribution in [2.24, 2.45) is 12.5 Å². The molecule has 1 aromatic heterocycles. The van der Waals surface area contributed by atoms with E-state index >= 15 is 0 Å². The molecular weight excluding hydrogens is 262 g/mol. The van der Waals surface area contributed by atoms with Crippen LogP contribution >= 0.6 is 0 Å². The fourth-order valence-corrected chi connectivity index (χ4v) is 3.56. The van der Waals surface area contributed by atoms with Gasteiger partial charge in [0.05, 0.1) is 11.2 Å². The standard InChI is InChI=1S/C17H25N3O/c1-20-16-8-4-3-7-14(16)15(19-20)11-18-12-17(13-21)9-5-2-6-10-17/h3-4,7-8,18,21H,2,5-6,9-13H2,1H3. The Labute approximate surface area is 126 Å². The van der Waals surface area contributed by atoms with Gasteiger partial charge in [-0.15, -0.1) is 0 Å². The second-order valence-corrected chi connectivity index (χ2v) is 6.41. The van der Waals surface area contributed by atoms with Crippen LogP contribution in [0.15, 0.2) is 24.3 Å². The van der Waals surface area contributed by atoms with Gasteiger partial charge in [-0.2, -0.15) is 5.10 Å². The minimum Gasteiger partial charge on any atom is -0.396 e. The molecule has 1 aliphatic rings. The summed E-state index contributed by atoms with van der Waals surface area (Å²) in [6.45, 7) is 1.94. The molecule has 1 fully saturated rings. The third-order valence-electron chi connectivity index (χ3n) is 4.88. The van der Waals surface area contributed by atoms with Gasteiger partial charge in [0.15, 0.2) is 0 Å². The molecule has 0 amide bonds. The number of benzene rings is 1. The lowest BCUT2D eigenvalue weighted by atomic mass is 9.74. The minimum atomic E-state index is 0.0861. The molecule has 0 saturated heterocycles. The van der Waals surface area contributed by atoms with Gasteiger partial charge in [-0.05, 0) is 18.9 Å². The average molecular weight is 287 g/mol. The molecule has 0 atom stereocenters. The summed E-state index contributed by atoms with van der Waals surface area (Å²) >= 11 is 0. The van der Waals surface area contributed by atoms with Gasteiger partial charge in [0.25, 0.3) is 0 Å². The quantitative estimate of drug-likeness (QED) is 0.889. The molecule has 114 valence electrons.